The van der Waals surface area contributed by atoms with Gasteiger partial charge in [-0.05, 0) is 37.3 Å². The van der Waals surface area contributed by atoms with Gasteiger partial charge in [0.25, 0.3) is 5.91 Å². The summed E-state index contributed by atoms with van der Waals surface area (Å²) < 4.78 is 12.0. The topological polar surface area (TPSA) is 112 Å². The molecule has 0 spiro atoms. The Morgan fingerprint density at radius 3 is 3.04 bits per heavy atom. The number of rotatable bonds is 5. The average Bonchev–Trinajstić information content (AvgIpc) is 3.39. The zero-order chi connectivity index (χ0) is 17.2. The lowest BCUT2D eigenvalue weighted by molar-refractivity contribution is 0.0918. The van der Waals surface area contributed by atoms with Crippen LogP contribution < -0.4 is 5.32 Å². The van der Waals surface area contributed by atoms with E-state index in [1.54, 1.807) is 12.1 Å². The molecule has 0 atom stereocenters. The molecule has 4 aromatic rings. The van der Waals surface area contributed by atoms with Gasteiger partial charge in [-0.2, -0.15) is 4.98 Å². The number of furan rings is 1. The molecule has 25 heavy (non-hydrogen) atoms. The molecular weight excluding hydrogens is 324 g/mol. The largest absolute Gasteiger partial charge is 0.459 e. The number of amides is 1. The van der Waals surface area contributed by atoms with E-state index in [1.807, 2.05) is 29.8 Å². The Balaban J connectivity index is 1.50. The molecule has 0 aliphatic carbocycles. The smallest absolute Gasteiger partial charge is 0.287 e. The van der Waals surface area contributed by atoms with Crippen LogP contribution in [0.4, 0.5) is 0 Å². The third kappa shape index (κ3) is 2.87. The molecule has 4 rings (SSSR count). The van der Waals surface area contributed by atoms with Gasteiger partial charge >= 0.3 is 0 Å². The monoisotopic (exact) mass is 338 g/mol. The Hall–Kier alpha value is -3.49. The van der Waals surface area contributed by atoms with Crippen LogP contribution in [0.5, 0.6) is 0 Å². The van der Waals surface area contributed by atoms with Crippen LogP contribution in [0.25, 0.3) is 22.4 Å². The molecular formula is C16H14N6O3. The minimum atomic E-state index is -0.345. The molecule has 1 aromatic carbocycles. The zero-order valence-electron chi connectivity index (χ0n) is 13.3. The summed E-state index contributed by atoms with van der Waals surface area (Å²) in [5.41, 5.74) is 2.47. The summed E-state index contributed by atoms with van der Waals surface area (Å²) in [6, 6.07) is 8.87. The molecule has 0 aliphatic heterocycles. The molecule has 126 valence electrons. The molecule has 1 amide bonds. The Bertz CT molecular complexity index is 1020. The minimum Gasteiger partial charge on any atom is -0.459 e. The van der Waals surface area contributed by atoms with Gasteiger partial charge < -0.3 is 14.3 Å². The highest BCUT2D eigenvalue weighted by atomic mass is 16.5. The fourth-order valence-electron chi connectivity index (χ4n) is 2.44. The molecule has 0 saturated heterocycles. The Labute approximate surface area is 141 Å². The summed E-state index contributed by atoms with van der Waals surface area (Å²) >= 11 is 0. The van der Waals surface area contributed by atoms with Crippen molar-refractivity contribution in [1.82, 2.24) is 30.5 Å². The van der Waals surface area contributed by atoms with Crippen LogP contribution in [0.15, 0.2) is 45.5 Å². The van der Waals surface area contributed by atoms with Gasteiger partial charge in [0.05, 0.1) is 18.3 Å². The fourth-order valence-corrected chi connectivity index (χ4v) is 2.44. The molecule has 3 heterocycles. The first-order valence-corrected chi connectivity index (χ1v) is 7.72. The summed E-state index contributed by atoms with van der Waals surface area (Å²) in [5, 5.41) is 14.8. The third-order valence-electron chi connectivity index (χ3n) is 3.68. The number of benzene rings is 1. The predicted octanol–water partition coefficient (Wildman–Crippen LogP) is 2.02. The van der Waals surface area contributed by atoms with Crippen molar-refractivity contribution < 1.29 is 13.7 Å². The minimum absolute atomic E-state index is 0.112. The van der Waals surface area contributed by atoms with Gasteiger partial charge in [-0.25, -0.2) is 4.68 Å². The molecule has 0 unspecified atom stereocenters. The van der Waals surface area contributed by atoms with Crippen LogP contribution in [0.1, 0.15) is 23.4 Å². The van der Waals surface area contributed by atoms with Gasteiger partial charge in [-0.15, -0.1) is 5.10 Å². The van der Waals surface area contributed by atoms with Crippen LogP contribution in [0.2, 0.25) is 0 Å². The molecule has 9 nitrogen and oxygen atoms in total. The summed E-state index contributed by atoms with van der Waals surface area (Å²) in [6.07, 6.45) is 1.44. The van der Waals surface area contributed by atoms with Gasteiger partial charge in [0, 0.05) is 12.1 Å². The van der Waals surface area contributed by atoms with Crippen molar-refractivity contribution in [3.05, 3.63) is 48.2 Å². The van der Waals surface area contributed by atoms with Gasteiger partial charge in [0.15, 0.2) is 5.76 Å². The highest BCUT2D eigenvalue weighted by Gasteiger charge is 2.13. The first-order valence-electron chi connectivity index (χ1n) is 7.72. The highest BCUT2D eigenvalue weighted by molar-refractivity contribution is 5.91. The van der Waals surface area contributed by atoms with Crippen molar-refractivity contribution in [2.75, 3.05) is 0 Å². The lowest BCUT2D eigenvalue weighted by Gasteiger charge is -1.98. The fraction of sp³-hybridized carbons (Fsp3) is 0.188. The lowest BCUT2D eigenvalue weighted by Crippen LogP contribution is -2.22. The van der Waals surface area contributed by atoms with E-state index in [-0.39, 0.29) is 18.2 Å². The van der Waals surface area contributed by atoms with E-state index in [0.29, 0.717) is 11.7 Å². The second kappa shape index (κ2) is 6.19. The number of carbonyl (C=O) groups is 1. The molecule has 0 fully saturated rings. The van der Waals surface area contributed by atoms with Crippen LogP contribution >= 0.6 is 0 Å². The summed E-state index contributed by atoms with van der Waals surface area (Å²) in [4.78, 5) is 16.1. The van der Waals surface area contributed by atoms with E-state index in [4.69, 9.17) is 8.94 Å². The van der Waals surface area contributed by atoms with E-state index in [9.17, 15) is 4.79 Å². The maximum atomic E-state index is 11.8. The number of hydrogen-bond acceptors (Lipinski definition) is 7. The third-order valence-corrected chi connectivity index (χ3v) is 3.68. The van der Waals surface area contributed by atoms with E-state index < -0.39 is 0 Å². The molecule has 9 heteroatoms. The second-order valence-electron chi connectivity index (χ2n) is 5.28. The van der Waals surface area contributed by atoms with Crippen molar-refractivity contribution >= 4 is 16.9 Å². The van der Waals surface area contributed by atoms with Gasteiger partial charge in [-0.1, -0.05) is 10.4 Å². The maximum Gasteiger partial charge on any atom is 0.287 e. The van der Waals surface area contributed by atoms with E-state index >= 15 is 0 Å². The van der Waals surface area contributed by atoms with E-state index in [2.05, 4.69) is 25.8 Å². The Kier molecular flexibility index (Phi) is 3.73. The number of fused-ring (bicyclic) bond motifs is 1. The van der Waals surface area contributed by atoms with Crippen molar-refractivity contribution in [2.24, 2.45) is 0 Å². The molecule has 0 bridgehead atoms. The van der Waals surface area contributed by atoms with Crippen molar-refractivity contribution in [3.8, 4) is 11.4 Å². The first-order chi connectivity index (χ1) is 12.2. The SMILES string of the molecule is CCn1nnc2cc(-c3noc(CNC(=O)c4ccco4)n3)ccc21. The van der Waals surface area contributed by atoms with Crippen LogP contribution in [0.3, 0.4) is 0 Å². The van der Waals surface area contributed by atoms with E-state index in [1.165, 1.54) is 6.26 Å². The molecule has 1 N–H and O–H groups in total. The number of nitrogens with zero attached hydrogens (tertiary/aromatic N) is 5. The molecule has 0 radical (unpaired) electrons. The first kappa shape index (κ1) is 15.1. The van der Waals surface area contributed by atoms with Crippen LogP contribution in [-0.4, -0.2) is 31.0 Å². The summed E-state index contributed by atoms with van der Waals surface area (Å²) in [5.74, 6) is 0.606. The molecule has 3 aromatic heterocycles. The normalized spacial score (nSPS) is 11.1. The Morgan fingerprint density at radius 2 is 2.24 bits per heavy atom. The number of aryl methyl sites for hydroxylation is 1. The van der Waals surface area contributed by atoms with Crippen molar-refractivity contribution in [1.29, 1.82) is 0 Å². The second-order valence-corrected chi connectivity index (χ2v) is 5.28. The van der Waals surface area contributed by atoms with Crippen LogP contribution in [0, 0.1) is 0 Å². The maximum absolute atomic E-state index is 11.8. The average molecular weight is 338 g/mol. The van der Waals surface area contributed by atoms with Crippen LogP contribution in [-0.2, 0) is 13.1 Å². The highest BCUT2D eigenvalue weighted by Crippen LogP contribution is 2.21. The lowest BCUT2D eigenvalue weighted by atomic mass is 10.2. The number of nitrogens with one attached hydrogen (secondary N) is 1. The number of hydrogen-bond donors (Lipinski definition) is 1. The van der Waals surface area contributed by atoms with Gasteiger partial charge in [0.1, 0.15) is 5.52 Å². The van der Waals surface area contributed by atoms with Crippen molar-refractivity contribution in [2.45, 2.75) is 20.0 Å². The summed E-state index contributed by atoms with van der Waals surface area (Å²) in [6.45, 7) is 2.86. The number of aromatic nitrogens is 5. The zero-order valence-corrected chi connectivity index (χ0v) is 13.3. The molecule has 0 aliphatic rings. The van der Waals surface area contributed by atoms with Crippen molar-refractivity contribution in [3.63, 3.8) is 0 Å². The summed E-state index contributed by atoms with van der Waals surface area (Å²) in [7, 11) is 0. The van der Waals surface area contributed by atoms with Gasteiger partial charge in [-0.3, -0.25) is 4.79 Å². The predicted molar refractivity (Wildman–Crippen MR) is 86.4 cm³/mol. The number of carbonyl (C=O) groups excluding carboxylic acids is 1. The van der Waals surface area contributed by atoms with Gasteiger partial charge in [0.2, 0.25) is 11.7 Å². The van der Waals surface area contributed by atoms with E-state index in [0.717, 1.165) is 23.1 Å². The Morgan fingerprint density at radius 1 is 1.32 bits per heavy atom. The molecule has 0 saturated carbocycles. The standard InChI is InChI=1S/C16H14N6O3/c1-2-22-12-6-5-10(8-11(12)19-21-22)15-18-14(25-20-15)9-17-16(23)13-4-3-7-24-13/h3-8H,2,9H2,1H3,(H,17,23). The quantitative estimate of drug-likeness (QED) is 0.592.